The van der Waals surface area contributed by atoms with Gasteiger partial charge in [0.2, 0.25) is 5.90 Å². The molecule has 8 heteroatoms. The lowest BCUT2D eigenvalue weighted by atomic mass is 10.1. The van der Waals surface area contributed by atoms with Crippen LogP contribution in [0, 0.1) is 6.92 Å². The number of cyclic esters (lactones) is 1. The largest absolute Gasteiger partial charge is 0.497 e. The van der Waals surface area contributed by atoms with Crippen molar-refractivity contribution in [3.8, 4) is 17.2 Å². The maximum Gasteiger partial charge on any atom is 0.363 e. The molecule has 7 nitrogen and oxygen atoms in total. The first-order chi connectivity index (χ1) is 15.1. The van der Waals surface area contributed by atoms with Crippen molar-refractivity contribution in [2.75, 3.05) is 14.2 Å². The smallest absolute Gasteiger partial charge is 0.363 e. The monoisotopic (exact) mass is 436 g/mol. The van der Waals surface area contributed by atoms with E-state index in [1.54, 1.807) is 55.9 Å². The lowest BCUT2D eigenvalue weighted by molar-refractivity contribution is -0.129. The summed E-state index contributed by atoms with van der Waals surface area (Å²) in [5.74, 6) is 1.51. The zero-order chi connectivity index (χ0) is 21.8. The minimum atomic E-state index is -0.518. The molecule has 1 aromatic heterocycles. The van der Waals surface area contributed by atoms with Gasteiger partial charge < -0.3 is 18.9 Å². The van der Waals surface area contributed by atoms with Crippen LogP contribution in [0.5, 0.6) is 17.2 Å². The van der Waals surface area contributed by atoms with Crippen LogP contribution < -0.4 is 14.2 Å². The molecule has 0 N–H and O–H groups in total. The van der Waals surface area contributed by atoms with Crippen molar-refractivity contribution in [2.45, 2.75) is 13.5 Å². The second kappa shape index (κ2) is 9.01. The number of ether oxygens (including phenoxy) is 4. The highest BCUT2D eigenvalue weighted by Gasteiger charge is 2.24. The molecule has 0 amide bonds. The van der Waals surface area contributed by atoms with E-state index in [-0.39, 0.29) is 11.6 Å². The van der Waals surface area contributed by atoms with Crippen molar-refractivity contribution in [3.05, 3.63) is 75.4 Å². The van der Waals surface area contributed by atoms with Crippen LogP contribution in [0.3, 0.4) is 0 Å². The van der Waals surface area contributed by atoms with Crippen LogP contribution in [0.25, 0.3) is 6.08 Å². The Hall–Kier alpha value is -3.65. The minimum Gasteiger partial charge on any atom is -0.497 e. The van der Waals surface area contributed by atoms with Crippen LogP contribution in [0.2, 0.25) is 0 Å². The molecule has 0 saturated heterocycles. The molecule has 2 aromatic carbocycles. The summed E-state index contributed by atoms with van der Waals surface area (Å²) < 4.78 is 21.8. The van der Waals surface area contributed by atoms with Gasteiger partial charge >= 0.3 is 5.97 Å². The first-order valence-corrected chi connectivity index (χ1v) is 10.3. The van der Waals surface area contributed by atoms with E-state index in [1.165, 1.54) is 0 Å². The number of esters is 1. The van der Waals surface area contributed by atoms with Gasteiger partial charge in [0.25, 0.3) is 0 Å². The third-order valence-electron chi connectivity index (χ3n) is 4.47. The van der Waals surface area contributed by atoms with Crippen LogP contribution in [0.15, 0.2) is 58.5 Å². The molecule has 4 rings (SSSR count). The molecule has 0 atom stereocenters. The Morgan fingerprint density at radius 1 is 1.10 bits per heavy atom. The van der Waals surface area contributed by atoms with Gasteiger partial charge in [0.1, 0.15) is 12.4 Å². The summed E-state index contributed by atoms with van der Waals surface area (Å²) in [6.07, 6.45) is 1.64. The molecule has 1 aliphatic rings. The Morgan fingerprint density at radius 3 is 2.71 bits per heavy atom. The highest BCUT2D eigenvalue weighted by Crippen LogP contribution is 2.30. The second-order valence-electron chi connectivity index (χ2n) is 6.62. The third kappa shape index (κ3) is 4.75. The van der Waals surface area contributed by atoms with Gasteiger partial charge in [-0.3, -0.25) is 0 Å². The van der Waals surface area contributed by atoms with Crippen molar-refractivity contribution in [3.63, 3.8) is 0 Å². The van der Waals surface area contributed by atoms with Crippen molar-refractivity contribution in [1.29, 1.82) is 0 Å². The first kappa shape index (κ1) is 20.6. The summed E-state index contributed by atoms with van der Waals surface area (Å²) >= 11 is 1.58. The zero-order valence-corrected chi connectivity index (χ0v) is 18.1. The van der Waals surface area contributed by atoms with Crippen LogP contribution in [-0.2, 0) is 16.1 Å². The fourth-order valence-corrected chi connectivity index (χ4v) is 3.56. The van der Waals surface area contributed by atoms with E-state index in [2.05, 4.69) is 9.98 Å². The predicted octanol–water partition coefficient (Wildman–Crippen LogP) is 4.39. The summed E-state index contributed by atoms with van der Waals surface area (Å²) in [6.45, 7) is 2.30. The van der Waals surface area contributed by atoms with E-state index in [4.69, 9.17) is 18.9 Å². The number of hydrogen-bond donors (Lipinski definition) is 0. The van der Waals surface area contributed by atoms with Crippen molar-refractivity contribution in [2.24, 2.45) is 4.99 Å². The molecule has 0 aliphatic carbocycles. The van der Waals surface area contributed by atoms with Crippen LogP contribution in [0.1, 0.15) is 21.8 Å². The molecule has 0 bridgehead atoms. The topological polar surface area (TPSA) is 79.2 Å². The summed E-state index contributed by atoms with van der Waals surface area (Å²) in [5.41, 5.74) is 2.46. The summed E-state index contributed by atoms with van der Waals surface area (Å²) in [5, 5.41) is 2.95. The number of aromatic nitrogens is 1. The van der Waals surface area contributed by atoms with Gasteiger partial charge in [-0.1, -0.05) is 12.1 Å². The fraction of sp³-hybridized carbons (Fsp3) is 0.174. The van der Waals surface area contributed by atoms with Crippen LogP contribution >= 0.6 is 11.3 Å². The molecule has 0 unspecified atom stereocenters. The number of rotatable bonds is 7. The molecule has 31 heavy (non-hydrogen) atoms. The number of aryl methyl sites for hydroxylation is 1. The van der Waals surface area contributed by atoms with Gasteiger partial charge in [0.05, 0.1) is 24.9 Å². The lowest BCUT2D eigenvalue weighted by Crippen LogP contribution is -2.05. The highest BCUT2D eigenvalue weighted by molar-refractivity contribution is 7.09. The number of nitrogens with zero attached hydrogens (tertiary/aromatic N) is 2. The van der Waals surface area contributed by atoms with Crippen molar-refractivity contribution in [1.82, 2.24) is 4.98 Å². The highest BCUT2D eigenvalue weighted by atomic mass is 32.1. The molecule has 0 saturated carbocycles. The lowest BCUT2D eigenvalue weighted by Gasteiger charge is -2.10. The van der Waals surface area contributed by atoms with Gasteiger partial charge in [-0.2, -0.15) is 0 Å². The number of carbonyl (C=O) groups is 1. The molecule has 2 heterocycles. The normalized spacial score (nSPS) is 14.4. The van der Waals surface area contributed by atoms with Crippen molar-refractivity contribution >= 4 is 29.3 Å². The number of methoxy groups -OCH3 is 2. The van der Waals surface area contributed by atoms with Crippen molar-refractivity contribution < 1.29 is 23.7 Å². The molecule has 1 aliphatic heterocycles. The quantitative estimate of drug-likeness (QED) is 0.404. The van der Waals surface area contributed by atoms with Gasteiger partial charge in [-0.05, 0) is 48.9 Å². The zero-order valence-electron chi connectivity index (χ0n) is 17.2. The van der Waals surface area contributed by atoms with Gasteiger partial charge in [0, 0.05) is 10.9 Å². The summed E-state index contributed by atoms with van der Waals surface area (Å²) in [7, 11) is 3.14. The number of benzene rings is 2. The van der Waals surface area contributed by atoms with E-state index in [1.807, 2.05) is 30.5 Å². The van der Waals surface area contributed by atoms with Gasteiger partial charge in [0.15, 0.2) is 17.2 Å². The SMILES string of the molecule is COc1cccc(C2=N/C(=C/c3ccc(OCc4csc(C)n4)c(OC)c3)C(=O)O2)c1. The molecule has 158 valence electrons. The average Bonchev–Trinajstić information content (AvgIpc) is 3.38. The average molecular weight is 436 g/mol. The third-order valence-corrected chi connectivity index (χ3v) is 5.29. The summed E-state index contributed by atoms with van der Waals surface area (Å²) in [6, 6.07) is 12.6. The molecular formula is C23H20N2O5S. The molecule has 0 spiro atoms. The predicted molar refractivity (Wildman–Crippen MR) is 118 cm³/mol. The Balaban J connectivity index is 1.54. The van der Waals surface area contributed by atoms with Crippen LogP contribution in [-0.4, -0.2) is 31.1 Å². The van der Waals surface area contributed by atoms with E-state index in [0.717, 1.165) is 16.3 Å². The Bertz CT molecular complexity index is 1180. The van der Waals surface area contributed by atoms with Crippen LogP contribution in [0.4, 0.5) is 0 Å². The first-order valence-electron chi connectivity index (χ1n) is 9.44. The Morgan fingerprint density at radius 2 is 1.97 bits per heavy atom. The molecule has 3 aromatic rings. The maximum atomic E-state index is 12.3. The number of aliphatic imine (C=N–C) groups is 1. The second-order valence-corrected chi connectivity index (χ2v) is 7.69. The minimum absolute atomic E-state index is 0.200. The van der Waals surface area contributed by atoms with E-state index < -0.39 is 5.97 Å². The van der Waals surface area contributed by atoms with Gasteiger partial charge in [-0.15, -0.1) is 11.3 Å². The molecule has 0 fully saturated rings. The standard InChI is InChI=1S/C23H20N2O5S/c1-14-24-17(13-31-14)12-29-20-8-7-15(10-21(20)28-3)9-19-23(26)30-22(25-19)16-5-4-6-18(11-16)27-2/h4-11,13H,12H2,1-3H3/b19-9+. The number of thiazole rings is 1. The maximum absolute atomic E-state index is 12.3. The number of hydrogen-bond acceptors (Lipinski definition) is 8. The van der Waals surface area contributed by atoms with E-state index in [0.29, 0.717) is 29.4 Å². The van der Waals surface area contributed by atoms with E-state index in [9.17, 15) is 4.79 Å². The fourth-order valence-electron chi connectivity index (χ4n) is 2.97. The van der Waals surface area contributed by atoms with E-state index >= 15 is 0 Å². The number of carbonyl (C=O) groups excluding carboxylic acids is 1. The van der Waals surface area contributed by atoms with Gasteiger partial charge in [-0.25, -0.2) is 14.8 Å². The Kier molecular flexibility index (Phi) is 5.99. The molecular weight excluding hydrogens is 416 g/mol. The summed E-state index contributed by atoms with van der Waals surface area (Å²) in [4.78, 5) is 21.0. The molecule has 0 radical (unpaired) electrons. The Labute approximate surface area is 183 Å².